The van der Waals surface area contributed by atoms with Gasteiger partial charge < -0.3 is 125 Å². The van der Waals surface area contributed by atoms with Gasteiger partial charge in [-0.3, -0.25) is 86.3 Å². The summed E-state index contributed by atoms with van der Waals surface area (Å²) in [5, 5.41) is 67.2. The lowest BCUT2D eigenvalue weighted by Crippen LogP contribution is -2.62. The summed E-state index contributed by atoms with van der Waals surface area (Å²) in [6.07, 6.45) is 0.778. The fraction of sp³-hybridized carbons (Fsp3) is 0.511. The Hall–Kier alpha value is -13.4. The zero-order chi connectivity index (χ0) is 96.5. The number of H-pyrrole nitrogens is 3. The molecule has 3 aliphatic rings. The number of para-hydroxylation sites is 2. The Balaban J connectivity index is 1.09. The van der Waals surface area contributed by atoms with Crippen LogP contribution in [-0.4, -0.2) is 321 Å². The van der Waals surface area contributed by atoms with Gasteiger partial charge in [0.1, 0.15) is 78.3 Å². The number of aliphatic carboxylic acids is 1. The number of unbranched alkanes of at least 4 members (excludes halogenated alkanes) is 1. The Morgan fingerprint density at radius 2 is 1.20 bits per heavy atom. The van der Waals surface area contributed by atoms with Crippen LogP contribution in [0.15, 0.2) is 97.7 Å². The molecule has 0 saturated carbocycles. The Morgan fingerprint density at radius 3 is 1.81 bits per heavy atom. The molecular weight excluding hydrogens is 1740 g/mol. The van der Waals surface area contributed by atoms with Crippen LogP contribution in [0.1, 0.15) is 121 Å². The van der Waals surface area contributed by atoms with Crippen LogP contribution in [0.25, 0.3) is 21.8 Å². The lowest BCUT2D eigenvalue weighted by Gasteiger charge is -2.38. The molecule has 6 aromatic rings. The molecule has 16 atom stereocenters. The third-order valence-corrected chi connectivity index (χ3v) is 25.1. The largest absolute Gasteiger partial charge is 0.508 e. The van der Waals surface area contributed by atoms with E-state index in [0.29, 0.717) is 51.3 Å². The molecule has 6 heterocycles. The van der Waals surface area contributed by atoms with E-state index in [1.165, 1.54) is 64.9 Å². The summed E-state index contributed by atoms with van der Waals surface area (Å²) in [4.78, 5) is 279. The van der Waals surface area contributed by atoms with Crippen molar-refractivity contribution in [3.63, 3.8) is 0 Å². The number of aliphatic hydroxyl groups is 2. The number of aromatic nitrogens is 4. The van der Waals surface area contributed by atoms with Crippen LogP contribution in [0.4, 0.5) is 0 Å². The summed E-state index contributed by atoms with van der Waals surface area (Å²) in [6, 6.07) is -1.56. The molecule has 0 bridgehead atoms. The first-order valence-electron chi connectivity index (χ1n) is 43.7. The number of nitrogens with one attached hydrogen (secondary N) is 12. The highest BCUT2D eigenvalue weighted by molar-refractivity contribution is 8.00. The number of amides is 16. The average molecular weight is 1860 g/mol. The number of primary amides is 2. The molecule has 43 nitrogen and oxygen atoms in total. The minimum atomic E-state index is -1.89. The predicted molar refractivity (Wildman–Crippen MR) is 478 cm³/mol. The number of aliphatic hydroxyl groups excluding tert-OH is 2. The van der Waals surface area contributed by atoms with E-state index in [0.717, 1.165) is 36.3 Å². The molecule has 3 aromatic carbocycles. The average Bonchev–Trinajstić information content (AvgIpc) is 1.66. The number of aromatic hydroxyl groups is 1. The number of aromatic amines is 3. The molecule has 22 N–H and O–H groups in total. The molecule has 44 heteroatoms. The number of imidazole rings is 1. The number of benzene rings is 3. The molecule has 3 fully saturated rings. The van der Waals surface area contributed by atoms with Crippen molar-refractivity contribution in [1.29, 1.82) is 0 Å². The van der Waals surface area contributed by atoms with Crippen molar-refractivity contribution in [2.45, 2.75) is 209 Å². The Labute approximate surface area is 764 Å². The summed E-state index contributed by atoms with van der Waals surface area (Å²) in [6.45, 7) is 3.26. The zero-order valence-electron chi connectivity index (χ0n) is 74.5. The Kier molecular flexibility index (Phi) is 37.2. The standard InChI is InChI=1S/C88H119N21O22S/c1-8-10-20-68-88(131)107(7)75(46(3)9-2)83(126)102-64(36-89)80(123)104-66(78(121)95-40-72(91)115)43-132-44-73(116)97-61(29-48-22-24-53(111)25-23-48)84(127)105(5)47(4)76(119)100-63(35-71(90)114)87(130)108-28-15-21-67(108)82(125)99-60(33-52-39-92-45-96-52)79(122)98-59(26-27-74(117)118)86(129)109-41-54(112)34-69(109)70(113)32-49(30-50-37-93-57-18-13-11-16-55(50)57)77(120)103-65(42-110)81(124)101-62(85(128)106(68)6)31-51-38-94-58-19-14-12-17-56(51)58/h11-14,16-19,22-25,37-39,45-47,49,54,59-69,75,93-94,110-112H,8-10,15,20-21,26-36,40-44,89H2,1-7H3,(H2,90,114)(H2,91,115)(H,92,96)(H,95,121)(H,97,116)(H,98,122)(H,99,125)(H,100,119)(H,101,124)(H,102,126)(H,103,120)(H,104,123)(H,117,118)/t46?,47-,49+,54+,59-,60-,61-,62-,63-,64-,65-,66-,67-,68-,69-,75-/m0/s1. The van der Waals surface area contributed by atoms with E-state index >= 15 is 28.8 Å². The van der Waals surface area contributed by atoms with Gasteiger partial charge in [0.15, 0.2) is 5.78 Å². The van der Waals surface area contributed by atoms with E-state index in [4.69, 9.17) is 17.2 Å². The fourth-order valence-electron chi connectivity index (χ4n) is 16.4. The number of fused-ring (bicyclic) bond motifs is 4. The van der Waals surface area contributed by atoms with Gasteiger partial charge in [-0.15, -0.1) is 11.8 Å². The molecule has 0 radical (unpaired) electrons. The minimum Gasteiger partial charge on any atom is -0.508 e. The number of nitrogens with zero attached hydrogens (tertiary/aromatic N) is 6. The van der Waals surface area contributed by atoms with Gasteiger partial charge in [0.25, 0.3) is 0 Å². The van der Waals surface area contributed by atoms with E-state index in [1.54, 1.807) is 74.8 Å². The number of phenolic OH excluding ortho intramolecular Hbond substituents is 1. The topological polar surface area (TPSA) is 651 Å². The van der Waals surface area contributed by atoms with Crippen molar-refractivity contribution in [3.8, 4) is 5.75 Å². The molecule has 714 valence electrons. The lowest BCUT2D eigenvalue weighted by atomic mass is 9.90. The number of carboxylic acids is 1. The number of ketones is 1. The molecular formula is C88H119N21O22S. The maximum atomic E-state index is 15.7. The van der Waals surface area contributed by atoms with Gasteiger partial charge >= 0.3 is 5.97 Å². The van der Waals surface area contributed by atoms with Crippen LogP contribution in [0.2, 0.25) is 0 Å². The van der Waals surface area contributed by atoms with Crippen molar-refractivity contribution in [3.05, 3.63) is 120 Å². The second kappa shape index (κ2) is 48.0. The van der Waals surface area contributed by atoms with Gasteiger partial charge in [-0.05, 0) is 85.9 Å². The van der Waals surface area contributed by atoms with E-state index in [-0.39, 0.29) is 62.9 Å². The highest BCUT2D eigenvalue weighted by Gasteiger charge is 2.47. The maximum absolute atomic E-state index is 15.7. The van der Waals surface area contributed by atoms with Crippen LogP contribution in [0.3, 0.4) is 0 Å². The number of carboxylic acid groups (broad SMARTS) is 1. The minimum absolute atomic E-state index is 0.0210. The first-order valence-corrected chi connectivity index (χ1v) is 44.8. The predicted octanol–water partition coefficient (Wildman–Crippen LogP) is -3.47. The summed E-state index contributed by atoms with van der Waals surface area (Å²) >= 11 is 0.743. The highest BCUT2D eigenvalue weighted by Crippen LogP contribution is 2.30. The number of carbonyl (C=O) groups is 18. The maximum Gasteiger partial charge on any atom is 0.303 e. The SMILES string of the molecule is CCCC[C@H]1C(=O)N(C)[C@@H](C(C)CC)C(=O)N[C@@H](CN)C(=O)N[C@H](C(=O)NCC(N)=O)CSCC(=O)N[C@@H](Cc2ccc(O)cc2)C(=O)N(C)[C@@H](C)C(=O)N[C@@H](CC(N)=O)C(=O)N2CCC[C@H]2C(=O)N[C@@H](Cc2c[nH]cn2)C(=O)N[C@@H](CCC(=O)O)C(=O)N2C[C@H](O)C[C@H]2C(=O)C[C@@H](Cc2c[nH]c3ccccc23)C(=O)N[C@@H](CO)C(=O)N[C@@H](Cc2c[nH]c3ccccc23)C(=O)N1C. The van der Waals surface area contributed by atoms with E-state index < -0.39 is 279 Å². The summed E-state index contributed by atoms with van der Waals surface area (Å²) in [7, 11) is 3.84. The molecule has 0 aliphatic carbocycles. The molecule has 0 spiro atoms. The van der Waals surface area contributed by atoms with Gasteiger partial charge in [-0.1, -0.05) is 88.6 Å². The number of Topliss-reactive ketones (excluding diaryl/α,β-unsaturated/α-hetero) is 1. The van der Waals surface area contributed by atoms with Gasteiger partial charge in [0.2, 0.25) is 94.5 Å². The normalized spacial score (nSPS) is 25.3. The number of hydrogen-bond donors (Lipinski definition) is 19. The number of likely N-dealkylation sites (N-methyl/N-ethyl adjacent to an activating group) is 3. The van der Waals surface area contributed by atoms with Crippen LogP contribution in [0, 0.1) is 11.8 Å². The molecule has 132 heavy (non-hydrogen) atoms. The monoisotopic (exact) mass is 1850 g/mol. The van der Waals surface area contributed by atoms with Crippen molar-refractivity contribution < 1.29 is 107 Å². The molecule has 3 saturated heterocycles. The molecule has 9 rings (SSSR count). The van der Waals surface area contributed by atoms with E-state index in [9.17, 15) is 78.0 Å². The smallest absolute Gasteiger partial charge is 0.303 e. The number of nitrogens with two attached hydrogens (primary N) is 3. The molecule has 1 unspecified atom stereocenters. The van der Waals surface area contributed by atoms with Crippen LogP contribution >= 0.6 is 11.8 Å². The summed E-state index contributed by atoms with van der Waals surface area (Å²) < 4.78 is 0. The third-order valence-electron chi connectivity index (χ3n) is 24.1. The van der Waals surface area contributed by atoms with Crippen molar-refractivity contribution in [1.82, 2.24) is 92.3 Å². The highest BCUT2D eigenvalue weighted by atomic mass is 32.2. The first-order chi connectivity index (χ1) is 62.8. The molecule has 3 aromatic heterocycles. The van der Waals surface area contributed by atoms with Crippen LogP contribution in [0.5, 0.6) is 5.75 Å². The van der Waals surface area contributed by atoms with E-state index in [2.05, 4.69) is 67.8 Å². The van der Waals surface area contributed by atoms with Crippen molar-refractivity contribution >= 4 is 140 Å². The van der Waals surface area contributed by atoms with Crippen molar-refractivity contribution in [2.24, 2.45) is 29.0 Å². The quantitative estimate of drug-likeness (QED) is 0.0296. The van der Waals surface area contributed by atoms with Gasteiger partial charge in [-0.25, -0.2) is 4.98 Å². The second-order valence-electron chi connectivity index (χ2n) is 33.5. The fourth-order valence-corrected chi connectivity index (χ4v) is 17.3. The van der Waals surface area contributed by atoms with Crippen LogP contribution in [-0.2, 0) is 112 Å². The van der Waals surface area contributed by atoms with E-state index in [1.807, 2.05) is 6.92 Å². The van der Waals surface area contributed by atoms with Gasteiger partial charge in [0, 0.05) is 131 Å². The zero-order valence-corrected chi connectivity index (χ0v) is 75.3. The number of hydrogen-bond acceptors (Lipinski definition) is 24. The van der Waals surface area contributed by atoms with Gasteiger partial charge in [0.05, 0.1) is 49.5 Å². The number of rotatable bonds is 23. The first kappa shape index (κ1) is 102. The second-order valence-corrected chi connectivity index (χ2v) is 34.5. The lowest BCUT2D eigenvalue weighted by molar-refractivity contribution is -0.150. The third kappa shape index (κ3) is 27.2. The number of carbonyl (C=O) groups excluding carboxylic acids is 17. The Bertz CT molecular complexity index is 5170. The summed E-state index contributed by atoms with van der Waals surface area (Å²) in [5.74, 6) is -21.5. The van der Waals surface area contributed by atoms with Crippen LogP contribution < -0.4 is 65.1 Å². The molecule has 16 amide bonds. The van der Waals surface area contributed by atoms with Crippen molar-refractivity contribution in [2.75, 3.05) is 65.4 Å². The van der Waals surface area contributed by atoms with Gasteiger partial charge in [-0.2, -0.15) is 0 Å². The molecule has 3 aliphatic heterocycles. The number of thioether (sulfide) groups is 1. The number of phenols is 1. The summed E-state index contributed by atoms with van der Waals surface area (Å²) in [5.41, 5.74) is 20.1. The Morgan fingerprint density at radius 1 is 0.606 bits per heavy atom.